The van der Waals surface area contributed by atoms with E-state index in [2.05, 4.69) is 12.2 Å². The summed E-state index contributed by atoms with van der Waals surface area (Å²) in [4.78, 5) is 0. The van der Waals surface area contributed by atoms with Gasteiger partial charge in [-0.2, -0.15) is 0 Å². The molecular weight excluding hydrogens is 158 g/mol. The molecule has 2 N–H and O–H groups in total. The minimum Gasteiger partial charge on any atom is -0.381 e. The number of hydrogen-bond acceptors (Lipinski definition) is 4. The molecule has 0 spiro atoms. The second-order valence-corrected chi connectivity index (χ2v) is 2.60. The van der Waals surface area contributed by atoms with Gasteiger partial charge in [0.05, 0.1) is 26.2 Å². The van der Waals surface area contributed by atoms with Crippen molar-refractivity contribution in [3.63, 3.8) is 0 Å². The van der Waals surface area contributed by atoms with Crippen molar-refractivity contribution in [2.75, 3.05) is 26.7 Å². The molecule has 0 aromatic heterocycles. The summed E-state index contributed by atoms with van der Waals surface area (Å²) in [5.41, 5.74) is 0. The molecule has 0 rings (SSSR count). The maximum atomic E-state index is 8.37. The van der Waals surface area contributed by atoms with E-state index >= 15 is 0 Å². The Morgan fingerprint density at radius 2 is 2.25 bits per heavy atom. The van der Waals surface area contributed by atoms with Gasteiger partial charge in [-0.15, -0.1) is 0 Å². The van der Waals surface area contributed by atoms with E-state index in [0.717, 1.165) is 13.0 Å². The zero-order valence-electron chi connectivity index (χ0n) is 7.88. The van der Waals surface area contributed by atoms with Crippen molar-refractivity contribution in [2.45, 2.75) is 26.4 Å². The van der Waals surface area contributed by atoms with Crippen LogP contribution in [-0.2, 0) is 9.47 Å². The number of rotatable bonds is 8. The van der Waals surface area contributed by atoms with E-state index in [0.29, 0.717) is 13.3 Å². The Bertz CT molecular complexity index is 80.4. The third kappa shape index (κ3) is 7.94. The molecule has 0 radical (unpaired) electrons. The quantitative estimate of drug-likeness (QED) is 0.414. The molecule has 12 heavy (non-hydrogen) atoms. The fourth-order valence-corrected chi connectivity index (χ4v) is 0.689. The van der Waals surface area contributed by atoms with Gasteiger partial charge in [0, 0.05) is 6.61 Å². The molecule has 0 fully saturated rings. The first-order chi connectivity index (χ1) is 5.81. The molecule has 1 atom stereocenters. The number of nitrogens with one attached hydrogen (secondary N) is 1. The molecule has 4 heteroatoms. The van der Waals surface area contributed by atoms with Crippen LogP contribution in [0.4, 0.5) is 0 Å². The molecular formula is C8H19NO3. The minimum absolute atomic E-state index is 0.0530. The Balaban J connectivity index is 3.04. The standard InChI is InChI=1S/C8H19NO3/c1-3-4-11-5-8(2)12-7-9-6-10/h8-10H,3-7H2,1-2H3. The lowest BCUT2D eigenvalue weighted by Gasteiger charge is -2.12. The summed E-state index contributed by atoms with van der Waals surface area (Å²) >= 11 is 0. The summed E-state index contributed by atoms with van der Waals surface area (Å²) in [6.07, 6.45) is 1.11. The first kappa shape index (κ1) is 11.8. The largest absolute Gasteiger partial charge is 0.381 e. The summed E-state index contributed by atoms with van der Waals surface area (Å²) in [5.74, 6) is 0. The molecule has 0 aromatic rings. The van der Waals surface area contributed by atoms with Crippen LogP contribution in [0.5, 0.6) is 0 Å². The SMILES string of the molecule is CCCOCC(C)OCNCO. The highest BCUT2D eigenvalue weighted by Gasteiger charge is 2.00. The molecule has 1 unspecified atom stereocenters. The zero-order valence-corrected chi connectivity index (χ0v) is 7.88. The maximum absolute atomic E-state index is 8.37. The van der Waals surface area contributed by atoms with E-state index in [9.17, 15) is 0 Å². The Hall–Kier alpha value is -0.160. The summed E-state index contributed by atoms with van der Waals surface area (Å²) < 4.78 is 10.5. The molecule has 74 valence electrons. The van der Waals surface area contributed by atoms with Crippen LogP contribution < -0.4 is 5.32 Å². The normalized spacial score (nSPS) is 13.2. The van der Waals surface area contributed by atoms with Gasteiger partial charge in [0.1, 0.15) is 0 Å². The van der Waals surface area contributed by atoms with E-state index in [1.54, 1.807) is 0 Å². The van der Waals surface area contributed by atoms with Crippen LogP contribution >= 0.6 is 0 Å². The molecule has 0 saturated carbocycles. The van der Waals surface area contributed by atoms with E-state index in [1.165, 1.54) is 0 Å². The van der Waals surface area contributed by atoms with Gasteiger partial charge in [0.2, 0.25) is 0 Å². The van der Waals surface area contributed by atoms with E-state index in [1.807, 2.05) is 6.92 Å². The predicted octanol–water partition coefficient (Wildman–Crippen LogP) is 0.315. The fraction of sp³-hybridized carbons (Fsp3) is 1.00. The van der Waals surface area contributed by atoms with Gasteiger partial charge in [0.25, 0.3) is 0 Å². The van der Waals surface area contributed by atoms with E-state index < -0.39 is 0 Å². The van der Waals surface area contributed by atoms with Crippen LogP contribution in [0.15, 0.2) is 0 Å². The Morgan fingerprint density at radius 1 is 1.50 bits per heavy atom. The zero-order chi connectivity index (χ0) is 9.23. The van der Waals surface area contributed by atoms with Crippen molar-refractivity contribution in [1.82, 2.24) is 5.32 Å². The highest BCUT2D eigenvalue weighted by Crippen LogP contribution is 1.91. The molecule has 4 nitrogen and oxygen atoms in total. The summed E-state index contributed by atoms with van der Waals surface area (Å²) in [7, 11) is 0. The lowest BCUT2D eigenvalue weighted by atomic mass is 10.4. The minimum atomic E-state index is -0.0530. The smallest absolute Gasteiger partial charge is 0.0987 e. The average Bonchev–Trinajstić information content (AvgIpc) is 2.06. The number of ether oxygens (including phenoxy) is 2. The van der Waals surface area contributed by atoms with Gasteiger partial charge in [-0.3, -0.25) is 5.32 Å². The van der Waals surface area contributed by atoms with Gasteiger partial charge >= 0.3 is 0 Å². The Morgan fingerprint density at radius 3 is 2.83 bits per heavy atom. The second-order valence-electron chi connectivity index (χ2n) is 2.60. The van der Waals surface area contributed by atoms with Crippen LogP contribution in [0.1, 0.15) is 20.3 Å². The molecule has 0 aliphatic rings. The molecule has 0 heterocycles. The van der Waals surface area contributed by atoms with Gasteiger partial charge in [-0.25, -0.2) is 0 Å². The molecule has 0 aliphatic carbocycles. The monoisotopic (exact) mass is 177 g/mol. The van der Waals surface area contributed by atoms with Gasteiger partial charge in [-0.05, 0) is 13.3 Å². The second kappa shape index (κ2) is 8.93. The molecule has 0 amide bonds. The van der Waals surface area contributed by atoms with Crippen LogP contribution in [-0.4, -0.2) is 37.9 Å². The topological polar surface area (TPSA) is 50.7 Å². The van der Waals surface area contributed by atoms with E-state index in [-0.39, 0.29) is 12.8 Å². The Labute approximate surface area is 73.9 Å². The van der Waals surface area contributed by atoms with Crippen molar-refractivity contribution >= 4 is 0 Å². The number of aliphatic hydroxyl groups is 1. The first-order valence-corrected chi connectivity index (χ1v) is 4.32. The highest BCUT2D eigenvalue weighted by atomic mass is 16.5. The average molecular weight is 177 g/mol. The van der Waals surface area contributed by atoms with Crippen LogP contribution in [0.2, 0.25) is 0 Å². The summed E-state index contributed by atoms with van der Waals surface area (Å²) in [6, 6.07) is 0. The summed E-state index contributed by atoms with van der Waals surface area (Å²) in [6.45, 7) is 5.71. The van der Waals surface area contributed by atoms with E-state index in [4.69, 9.17) is 14.6 Å². The third-order valence-corrected chi connectivity index (χ3v) is 1.28. The van der Waals surface area contributed by atoms with Crippen LogP contribution in [0.25, 0.3) is 0 Å². The van der Waals surface area contributed by atoms with Crippen molar-refractivity contribution in [2.24, 2.45) is 0 Å². The maximum Gasteiger partial charge on any atom is 0.0987 e. The van der Waals surface area contributed by atoms with Crippen molar-refractivity contribution in [3.05, 3.63) is 0 Å². The third-order valence-electron chi connectivity index (χ3n) is 1.28. The predicted molar refractivity (Wildman–Crippen MR) is 46.7 cm³/mol. The lowest BCUT2D eigenvalue weighted by molar-refractivity contribution is -0.0187. The van der Waals surface area contributed by atoms with Gasteiger partial charge < -0.3 is 14.6 Å². The van der Waals surface area contributed by atoms with Crippen LogP contribution in [0, 0.1) is 0 Å². The fourth-order valence-electron chi connectivity index (χ4n) is 0.689. The highest BCUT2D eigenvalue weighted by molar-refractivity contribution is 4.45. The molecule has 0 bridgehead atoms. The lowest BCUT2D eigenvalue weighted by Crippen LogP contribution is -2.25. The first-order valence-electron chi connectivity index (χ1n) is 4.32. The molecule has 0 aliphatic heterocycles. The van der Waals surface area contributed by atoms with Crippen LogP contribution in [0.3, 0.4) is 0 Å². The Kier molecular flexibility index (Phi) is 8.81. The van der Waals surface area contributed by atoms with Gasteiger partial charge in [-0.1, -0.05) is 6.92 Å². The van der Waals surface area contributed by atoms with Crippen molar-refractivity contribution in [3.8, 4) is 0 Å². The number of hydrogen-bond donors (Lipinski definition) is 2. The van der Waals surface area contributed by atoms with Crippen molar-refractivity contribution < 1.29 is 14.6 Å². The van der Waals surface area contributed by atoms with Gasteiger partial charge in [0.15, 0.2) is 0 Å². The summed E-state index contributed by atoms with van der Waals surface area (Å²) in [5, 5.41) is 11.0. The molecule has 0 saturated heterocycles. The molecule has 0 aromatic carbocycles. The van der Waals surface area contributed by atoms with Crippen molar-refractivity contribution in [1.29, 1.82) is 0 Å². The number of aliphatic hydroxyl groups excluding tert-OH is 1.